The number of aromatic nitrogens is 2. The number of hydrogen-bond donors (Lipinski definition) is 0. The van der Waals surface area contributed by atoms with Crippen molar-refractivity contribution in [1.82, 2.24) is 9.97 Å². The number of fused-ring (bicyclic) bond motifs is 12. The molecule has 10 aromatic rings. The molecule has 0 saturated carbocycles. The van der Waals surface area contributed by atoms with Gasteiger partial charge in [-0.25, -0.2) is 0 Å². The fourth-order valence-corrected chi connectivity index (χ4v) is 8.72. The summed E-state index contributed by atoms with van der Waals surface area (Å²) >= 11 is 0. The first-order valence-corrected chi connectivity index (χ1v) is 22.1. The summed E-state index contributed by atoms with van der Waals surface area (Å²) in [6, 6.07) is 51.7. The minimum atomic E-state index is 0.686. The van der Waals surface area contributed by atoms with Crippen molar-refractivity contribution in [3.63, 3.8) is 0 Å². The molecule has 0 N–H and O–H groups in total. The summed E-state index contributed by atoms with van der Waals surface area (Å²) in [7, 11) is 0. The van der Waals surface area contributed by atoms with E-state index in [1.807, 2.05) is 12.4 Å². The number of nitrogens with zero attached hydrogens (tertiary/aromatic N) is 2. The Morgan fingerprint density at radius 3 is 1.66 bits per heavy atom. The van der Waals surface area contributed by atoms with E-state index in [4.69, 9.17) is 9.47 Å². The van der Waals surface area contributed by atoms with Gasteiger partial charge in [-0.05, 0) is 142 Å². The molecule has 2 aliphatic heterocycles. The van der Waals surface area contributed by atoms with Gasteiger partial charge in [-0.1, -0.05) is 137 Å². The zero-order chi connectivity index (χ0) is 44.5. The fourth-order valence-electron chi connectivity index (χ4n) is 8.72. The number of ether oxygens (including phenoxy) is 2. The molecule has 316 valence electrons. The van der Waals surface area contributed by atoms with Crippen LogP contribution in [0.5, 0.6) is 11.5 Å². The molecule has 0 saturated heterocycles. The quantitative estimate of drug-likeness (QED) is 0.143. The first-order valence-electron chi connectivity index (χ1n) is 22.1. The summed E-state index contributed by atoms with van der Waals surface area (Å²) in [5.74, 6) is 2.01. The van der Waals surface area contributed by atoms with Gasteiger partial charge in [-0.15, -0.1) is 0 Å². The Labute approximate surface area is 377 Å². The number of hydrogen-bond acceptors (Lipinski definition) is 4. The number of benzene rings is 8. The summed E-state index contributed by atoms with van der Waals surface area (Å²) in [5.41, 5.74) is 20.0. The zero-order valence-electron chi connectivity index (χ0n) is 38.1. The van der Waals surface area contributed by atoms with E-state index >= 15 is 0 Å². The Morgan fingerprint density at radius 1 is 0.312 bits per heavy atom. The van der Waals surface area contributed by atoms with E-state index in [0.29, 0.717) is 13.2 Å². The molecule has 4 nitrogen and oxygen atoms in total. The number of rotatable bonds is 0. The second-order valence-corrected chi connectivity index (χ2v) is 17.6. The highest BCUT2D eigenvalue weighted by molar-refractivity contribution is 6.06. The molecule has 2 aliphatic rings. The van der Waals surface area contributed by atoms with Gasteiger partial charge in [0.2, 0.25) is 0 Å². The van der Waals surface area contributed by atoms with Crippen molar-refractivity contribution >= 4 is 43.4 Å². The van der Waals surface area contributed by atoms with E-state index in [-0.39, 0.29) is 0 Å². The van der Waals surface area contributed by atoms with E-state index in [1.165, 1.54) is 110 Å². The molecule has 2 aromatic heterocycles. The highest BCUT2D eigenvalue weighted by atomic mass is 16.5. The van der Waals surface area contributed by atoms with Crippen LogP contribution < -0.4 is 9.47 Å². The van der Waals surface area contributed by atoms with Gasteiger partial charge in [0, 0.05) is 45.1 Å². The molecule has 64 heavy (non-hydrogen) atoms. The summed E-state index contributed by atoms with van der Waals surface area (Å²) in [4.78, 5) is 8.99. The first-order chi connectivity index (χ1) is 30.9. The Morgan fingerprint density at radius 2 is 0.844 bits per heavy atom. The summed E-state index contributed by atoms with van der Waals surface area (Å²) in [6.07, 6.45) is 3.91. The molecule has 0 fully saturated rings. The van der Waals surface area contributed by atoms with Crippen LogP contribution in [0.3, 0.4) is 0 Å². The highest BCUT2D eigenvalue weighted by Crippen LogP contribution is 2.39. The van der Waals surface area contributed by atoms with Crippen molar-refractivity contribution in [2.24, 2.45) is 0 Å². The maximum atomic E-state index is 5.79. The predicted molar refractivity (Wildman–Crippen MR) is 269 cm³/mol. The van der Waals surface area contributed by atoms with E-state index in [9.17, 15) is 0 Å². The lowest BCUT2D eigenvalue weighted by Crippen LogP contribution is -2.05. The number of aryl methyl sites for hydroxylation is 8. The van der Waals surface area contributed by atoms with Crippen LogP contribution in [0.25, 0.3) is 65.6 Å². The third kappa shape index (κ3) is 8.96. The molecule has 0 radical (unpaired) electrons. The van der Waals surface area contributed by atoms with Gasteiger partial charge < -0.3 is 9.47 Å². The fraction of sp³-hybridized carbons (Fsp3) is 0.167. The largest absolute Gasteiger partial charge is 0.488 e. The minimum absolute atomic E-state index is 0.686. The van der Waals surface area contributed by atoms with E-state index in [0.717, 1.165) is 22.5 Å². The summed E-state index contributed by atoms with van der Waals surface area (Å²) in [5, 5.41) is 7.51. The van der Waals surface area contributed by atoms with Crippen molar-refractivity contribution in [2.45, 2.75) is 68.6 Å². The van der Waals surface area contributed by atoms with Crippen molar-refractivity contribution in [2.75, 3.05) is 0 Å². The molecule has 4 heteroatoms. The van der Waals surface area contributed by atoms with Crippen LogP contribution in [0.1, 0.15) is 55.6 Å². The average molecular weight is 835 g/mol. The van der Waals surface area contributed by atoms with Gasteiger partial charge in [-0.3, -0.25) is 9.97 Å². The van der Waals surface area contributed by atoms with Crippen molar-refractivity contribution < 1.29 is 9.47 Å². The minimum Gasteiger partial charge on any atom is -0.488 e. The van der Waals surface area contributed by atoms with Crippen molar-refractivity contribution in [3.05, 3.63) is 214 Å². The summed E-state index contributed by atoms with van der Waals surface area (Å²) in [6.45, 7) is 18.3. The molecule has 8 aromatic carbocycles. The molecule has 12 rings (SSSR count). The molecule has 4 heterocycles. The smallest absolute Gasteiger partial charge is 0.127 e. The molecule has 0 spiro atoms. The number of pyridine rings is 2. The predicted octanol–water partition coefficient (Wildman–Crippen LogP) is 15.7. The van der Waals surface area contributed by atoms with Crippen LogP contribution in [0, 0.1) is 55.4 Å². The van der Waals surface area contributed by atoms with Crippen molar-refractivity contribution in [1.29, 1.82) is 0 Å². The van der Waals surface area contributed by atoms with Crippen LogP contribution in [0.4, 0.5) is 0 Å². The van der Waals surface area contributed by atoms with Crippen LogP contribution in [-0.2, 0) is 13.2 Å². The third-order valence-corrected chi connectivity index (χ3v) is 12.1. The lowest BCUT2D eigenvalue weighted by Gasteiger charge is -2.21. The molecular formula is C60H54N2O2. The Kier molecular flexibility index (Phi) is 11.7. The maximum absolute atomic E-state index is 5.79. The maximum Gasteiger partial charge on any atom is 0.127 e. The van der Waals surface area contributed by atoms with E-state index in [2.05, 4.69) is 211 Å². The van der Waals surface area contributed by atoms with Crippen LogP contribution in [0.2, 0.25) is 0 Å². The third-order valence-electron chi connectivity index (χ3n) is 12.1. The monoisotopic (exact) mass is 834 g/mol. The topological polar surface area (TPSA) is 44.2 Å². The lowest BCUT2D eigenvalue weighted by atomic mass is 9.94. The van der Waals surface area contributed by atoms with E-state index < -0.39 is 0 Å². The van der Waals surface area contributed by atoms with Gasteiger partial charge in [0.1, 0.15) is 24.7 Å². The Hall–Kier alpha value is -7.30. The second-order valence-electron chi connectivity index (χ2n) is 17.6. The van der Waals surface area contributed by atoms with Gasteiger partial charge in [0.25, 0.3) is 0 Å². The average Bonchev–Trinajstić information content (AvgIpc) is 3.29. The normalized spacial score (nSPS) is 11.9. The molecule has 0 amide bonds. The van der Waals surface area contributed by atoms with Crippen molar-refractivity contribution in [3.8, 4) is 33.8 Å². The molecule has 0 unspecified atom stereocenters. The van der Waals surface area contributed by atoms with Gasteiger partial charge >= 0.3 is 0 Å². The highest BCUT2D eigenvalue weighted by Gasteiger charge is 2.18. The molecule has 0 atom stereocenters. The molecular weight excluding hydrogens is 781 g/mol. The van der Waals surface area contributed by atoms with Crippen LogP contribution in [0.15, 0.2) is 158 Å². The second kappa shape index (κ2) is 17.8. The van der Waals surface area contributed by atoms with E-state index in [1.54, 1.807) is 0 Å². The van der Waals surface area contributed by atoms with Crippen LogP contribution >= 0.6 is 0 Å². The van der Waals surface area contributed by atoms with Gasteiger partial charge in [0.05, 0.1) is 11.0 Å². The SMILES string of the molecule is Cc1ccc2c(c1)-c1cc(C)ccc1OC2.Cc1ccc2c(c1)COc1cc(C)ccc1-2.Cc1ccc2c(cnc3cc(C)ccc32)c1.Cc1ccc2cnc3ccc(C)cc3c2c1. The van der Waals surface area contributed by atoms with Crippen LogP contribution in [-0.4, -0.2) is 9.97 Å². The molecule has 0 aliphatic carbocycles. The zero-order valence-corrected chi connectivity index (χ0v) is 38.1. The lowest BCUT2D eigenvalue weighted by molar-refractivity contribution is 0.302. The Balaban J connectivity index is 0.000000108. The van der Waals surface area contributed by atoms with Gasteiger partial charge in [0.15, 0.2) is 0 Å². The van der Waals surface area contributed by atoms with Gasteiger partial charge in [-0.2, -0.15) is 0 Å². The standard InChI is InChI=1S/2C15H13N.2C15H14O/c1-10-3-5-13-12(7-10)9-16-15-8-11(2)4-6-14(13)15;1-10-3-5-12-9-16-15-6-4-11(2)8-14(15)13(12)7-10;1-10-3-5-13-12(7-10)9-16-15-8-11(2)4-6-14(13)15;1-10-3-5-12-9-16-15-6-4-11(2)8-14(15)13(12)7-10/h2*3-9H,1-2H3;2*3-8H,9H2,1-2H3. The summed E-state index contributed by atoms with van der Waals surface area (Å²) < 4.78 is 11.5. The Bertz CT molecular complexity index is 3160. The molecule has 0 bridgehead atoms. The first kappa shape index (κ1) is 42.0.